The fourth-order valence-corrected chi connectivity index (χ4v) is 2.19. The monoisotopic (exact) mass is 271 g/mol. The molecular formula is C14H13N3O3. The largest absolute Gasteiger partial charge is 0.351 e. The van der Waals surface area contributed by atoms with Crippen molar-refractivity contribution in [3.63, 3.8) is 0 Å². The van der Waals surface area contributed by atoms with Crippen LogP contribution in [0.3, 0.4) is 0 Å². The Morgan fingerprint density at radius 3 is 2.90 bits per heavy atom. The molecule has 0 unspecified atom stereocenters. The van der Waals surface area contributed by atoms with Gasteiger partial charge in [-0.15, -0.1) is 0 Å². The lowest BCUT2D eigenvalue weighted by molar-refractivity contribution is -0.116. The van der Waals surface area contributed by atoms with Crippen LogP contribution in [0.5, 0.6) is 0 Å². The molecule has 20 heavy (non-hydrogen) atoms. The fraction of sp³-hybridized carbons (Fsp3) is 0.214. The maximum atomic E-state index is 12.4. The van der Waals surface area contributed by atoms with Crippen molar-refractivity contribution >= 4 is 17.5 Å². The third kappa shape index (κ3) is 2.16. The van der Waals surface area contributed by atoms with E-state index in [4.69, 9.17) is 4.52 Å². The summed E-state index contributed by atoms with van der Waals surface area (Å²) in [6, 6.07) is 7.42. The van der Waals surface area contributed by atoms with E-state index >= 15 is 0 Å². The van der Waals surface area contributed by atoms with E-state index in [0.29, 0.717) is 12.1 Å². The van der Waals surface area contributed by atoms with Crippen LogP contribution in [-0.2, 0) is 11.3 Å². The predicted octanol–water partition coefficient (Wildman–Crippen LogP) is 1.58. The van der Waals surface area contributed by atoms with Crippen LogP contribution >= 0.6 is 0 Å². The lowest BCUT2D eigenvalue weighted by Crippen LogP contribution is -2.35. The number of para-hydroxylation sites is 1. The van der Waals surface area contributed by atoms with Gasteiger partial charge in [-0.2, -0.15) is 0 Å². The Balaban J connectivity index is 1.93. The first-order valence-corrected chi connectivity index (χ1v) is 6.23. The number of fused-ring (bicyclic) bond motifs is 1. The number of nitrogens with zero attached hydrogens (tertiary/aromatic N) is 2. The van der Waals surface area contributed by atoms with Crippen molar-refractivity contribution in [3.05, 3.63) is 47.3 Å². The first-order valence-electron chi connectivity index (χ1n) is 6.23. The normalized spacial score (nSPS) is 14.4. The molecule has 0 radical (unpaired) electrons. The summed E-state index contributed by atoms with van der Waals surface area (Å²) in [7, 11) is 0. The van der Waals surface area contributed by atoms with E-state index in [2.05, 4.69) is 10.5 Å². The topological polar surface area (TPSA) is 75.4 Å². The molecule has 6 nitrogen and oxygen atoms in total. The minimum atomic E-state index is -0.327. The molecule has 0 bridgehead atoms. The highest BCUT2D eigenvalue weighted by Crippen LogP contribution is 2.22. The molecule has 1 aliphatic heterocycles. The smallest absolute Gasteiger partial charge is 0.293 e. The molecule has 1 N–H and O–H groups in total. The summed E-state index contributed by atoms with van der Waals surface area (Å²) >= 11 is 0. The Kier molecular flexibility index (Phi) is 2.98. The van der Waals surface area contributed by atoms with Crippen LogP contribution in [0.25, 0.3) is 0 Å². The standard InChI is InChI=1S/C14H13N3O3/c1-9-6-15-20-13(9)14(19)17-7-10-4-2-3-5-11(10)16-12(18)8-17/h2-6H,7-8H2,1H3,(H,16,18). The maximum Gasteiger partial charge on any atom is 0.293 e. The Morgan fingerprint density at radius 2 is 2.15 bits per heavy atom. The first kappa shape index (κ1) is 12.4. The minimum absolute atomic E-state index is 0.00630. The number of aromatic nitrogens is 1. The summed E-state index contributed by atoms with van der Waals surface area (Å²) in [5, 5.41) is 6.39. The van der Waals surface area contributed by atoms with Crippen molar-refractivity contribution in [2.45, 2.75) is 13.5 Å². The molecule has 2 amide bonds. The van der Waals surface area contributed by atoms with Crippen molar-refractivity contribution < 1.29 is 14.1 Å². The van der Waals surface area contributed by atoms with E-state index in [1.165, 1.54) is 11.1 Å². The van der Waals surface area contributed by atoms with Crippen molar-refractivity contribution in [1.29, 1.82) is 0 Å². The zero-order chi connectivity index (χ0) is 14.1. The predicted molar refractivity (Wildman–Crippen MR) is 71.1 cm³/mol. The van der Waals surface area contributed by atoms with Crippen LogP contribution in [0.4, 0.5) is 5.69 Å². The highest BCUT2D eigenvalue weighted by Gasteiger charge is 2.27. The quantitative estimate of drug-likeness (QED) is 0.854. The zero-order valence-corrected chi connectivity index (χ0v) is 10.9. The van der Waals surface area contributed by atoms with E-state index in [9.17, 15) is 9.59 Å². The van der Waals surface area contributed by atoms with Gasteiger partial charge in [-0.05, 0) is 18.6 Å². The molecule has 0 spiro atoms. The molecule has 0 atom stereocenters. The van der Waals surface area contributed by atoms with E-state index in [-0.39, 0.29) is 24.1 Å². The van der Waals surface area contributed by atoms with Gasteiger partial charge in [-0.1, -0.05) is 23.4 Å². The van der Waals surface area contributed by atoms with Crippen molar-refractivity contribution in [2.24, 2.45) is 0 Å². The lowest BCUT2D eigenvalue weighted by atomic mass is 10.1. The van der Waals surface area contributed by atoms with Crippen LogP contribution in [0.15, 0.2) is 35.0 Å². The molecule has 6 heteroatoms. The number of nitrogens with one attached hydrogen (secondary N) is 1. The van der Waals surface area contributed by atoms with E-state index in [1.807, 2.05) is 24.3 Å². The summed E-state index contributed by atoms with van der Waals surface area (Å²) in [4.78, 5) is 25.7. The van der Waals surface area contributed by atoms with Crippen LogP contribution in [0.2, 0.25) is 0 Å². The SMILES string of the molecule is Cc1cnoc1C(=O)N1CC(=O)Nc2ccccc2C1. The number of benzene rings is 1. The number of carbonyl (C=O) groups excluding carboxylic acids is 2. The Bertz CT molecular complexity index is 678. The highest BCUT2D eigenvalue weighted by molar-refractivity contribution is 5.99. The van der Waals surface area contributed by atoms with E-state index in [1.54, 1.807) is 6.92 Å². The second-order valence-corrected chi connectivity index (χ2v) is 4.70. The Hall–Kier alpha value is -2.63. The number of hydrogen-bond acceptors (Lipinski definition) is 4. The van der Waals surface area contributed by atoms with Crippen molar-refractivity contribution in [1.82, 2.24) is 10.1 Å². The van der Waals surface area contributed by atoms with Crippen LogP contribution < -0.4 is 5.32 Å². The van der Waals surface area contributed by atoms with Crippen molar-refractivity contribution in [3.8, 4) is 0 Å². The summed E-state index contributed by atoms with van der Waals surface area (Å²) in [6.07, 6.45) is 1.49. The fourth-order valence-electron chi connectivity index (χ4n) is 2.19. The lowest BCUT2D eigenvalue weighted by Gasteiger charge is -2.18. The number of hydrogen-bond donors (Lipinski definition) is 1. The van der Waals surface area contributed by atoms with Crippen molar-refractivity contribution in [2.75, 3.05) is 11.9 Å². The number of aryl methyl sites for hydroxylation is 1. The van der Waals surface area contributed by atoms with Gasteiger partial charge < -0.3 is 14.7 Å². The van der Waals surface area contributed by atoms with E-state index in [0.717, 1.165) is 11.3 Å². The number of carbonyl (C=O) groups is 2. The third-order valence-corrected chi connectivity index (χ3v) is 3.22. The summed E-state index contributed by atoms with van der Waals surface area (Å²) < 4.78 is 4.97. The van der Waals surface area contributed by atoms with Crippen LogP contribution in [-0.4, -0.2) is 28.4 Å². The molecule has 2 aromatic rings. The number of anilines is 1. The molecule has 0 fully saturated rings. The summed E-state index contributed by atoms with van der Waals surface area (Å²) in [6.45, 7) is 2.09. The first-order chi connectivity index (χ1) is 9.65. The molecule has 0 saturated heterocycles. The average Bonchev–Trinajstić information content (AvgIpc) is 2.77. The van der Waals surface area contributed by atoms with Gasteiger partial charge in [0.05, 0.1) is 6.20 Å². The molecule has 1 aromatic carbocycles. The molecular weight excluding hydrogens is 258 g/mol. The van der Waals surface area contributed by atoms with Gasteiger partial charge >= 0.3 is 0 Å². The molecule has 102 valence electrons. The average molecular weight is 271 g/mol. The second-order valence-electron chi connectivity index (χ2n) is 4.70. The molecule has 0 saturated carbocycles. The van der Waals surface area contributed by atoms with Gasteiger partial charge in [-0.25, -0.2) is 0 Å². The van der Waals surface area contributed by atoms with Gasteiger partial charge in [0.1, 0.15) is 6.54 Å². The zero-order valence-electron chi connectivity index (χ0n) is 10.9. The van der Waals surface area contributed by atoms with Crippen LogP contribution in [0, 0.1) is 6.92 Å². The Morgan fingerprint density at radius 1 is 1.35 bits per heavy atom. The maximum absolute atomic E-state index is 12.4. The van der Waals surface area contributed by atoms with E-state index < -0.39 is 0 Å². The minimum Gasteiger partial charge on any atom is -0.351 e. The molecule has 0 aliphatic carbocycles. The number of amides is 2. The highest BCUT2D eigenvalue weighted by atomic mass is 16.5. The van der Waals surface area contributed by atoms with Gasteiger partial charge in [0.2, 0.25) is 11.7 Å². The second kappa shape index (κ2) is 4.80. The van der Waals surface area contributed by atoms with Gasteiger partial charge in [-0.3, -0.25) is 9.59 Å². The molecule has 1 aromatic heterocycles. The van der Waals surface area contributed by atoms with Crippen LogP contribution in [0.1, 0.15) is 21.7 Å². The summed E-state index contributed by atoms with van der Waals surface area (Å²) in [5.74, 6) is -0.371. The number of rotatable bonds is 1. The molecule has 3 rings (SSSR count). The molecule has 2 heterocycles. The van der Waals surface area contributed by atoms with Gasteiger partial charge in [0, 0.05) is 17.8 Å². The van der Waals surface area contributed by atoms with Gasteiger partial charge in [0.15, 0.2) is 0 Å². The summed E-state index contributed by atoms with van der Waals surface area (Å²) in [5.41, 5.74) is 2.29. The Labute approximate surface area is 115 Å². The van der Waals surface area contributed by atoms with Gasteiger partial charge in [0.25, 0.3) is 5.91 Å². The third-order valence-electron chi connectivity index (χ3n) is 3.22. The molecule has 1 aliphatic rings.